The van der Waals surface area contributed by atoms with E-state index in [0.717, 1.165) is 6.07 Å². The van der Waals surface area contributed by atoms with E-state index in [2.05, 4.69) is 9.97 Å². The van der Waals surface area contributed by atoms with Crippen LogP contribution in [0.1, 0.15) is 0 Å². The van der Waals surface area contributed by atoms with Gasteiger partial charge in [0.25, 0.3) is 5.95 Å². The van der Waals surface area contributed by atoms with Crippen LogP contribution in [0.3, 0.4) is 0 Å². The van der Waals surface area contributed by atoms with Crippen LogP contribution in [0.5, 0.6) is 0 Å². The Hall–Kier alpha value is -2.37. The van der Waals surface area contributed by atoms with Gasteiger partial charge in [-0.05, 0) is 17.7 Å². The van der Waals surface area contributed by atoms with Gasteiger partial charge in [-0.25, -0.2) is 4.98 Å². The molecule has 0 unspecified atom stereocenters. The van der Waals surface area contributed by atoms with Crippen LogP contribution in [0, 0.1) is 16.1 Å². The molecule has 0 aromatic carbocycles. The third-order valence-corrected chi connectivity index (χ3v) is 2.03. The molecule has 0 fully saturated rings. The molecule has 5 nitrogen and oxygen atoms in total. The van der Waals surface area contributed by atoms with Crippen molar-refractivity contribution in [2.24, 2.45) is 0 Å². The fourth-order valence-corrected chi connectivity index (χ4v) is 1.27. The van der Waals surface area contributed by atoms with Crippen LogP contribution in [0.25, 0.3) is 11.1 Å². The van der Waals surface area contributed by atoms with E-state index in [0.29, 0.717) is 11.1 Å². The van der Waals surface area contributed by atoms with E-state index in [-0.39, 0.29) is 0 Å². The number of halogens is 1. The Bertz CT molecular complexity index is 531. The Morgan fingerprint density at radius 3 is 2.56 bits per heavy atom. The van der Waals surface area contributed by atoms with Crippen LogP contribution in [-0.4, -0.2) is 14.9 Å². The minimum Gasteiger partial charge on any atom is -0.265 e. The second kappa shape index (κ2) is 4.01. The van der Waals surface area contributed by atoms with Crippen LogP contribution < -0.4 is 0 Å². The fourth-order valence-electron chi connectivity index (χ4n) is 1.27. The summed E-state index contributed by atoms with van der Waals surface area (Å²) in [5, 5.41) is 10.5. The normalized spacial score (nSPS) is 10.1. The van der Waals surface area contributed by atoms with Crippen LogP contribution in [0.4, 0.5) is 10.1 Å². The summed E-state index contributed by atoms with van der Waals surface area (Å²) in [5.74, 6) is -1.08. The molecule has 2 rings (SSSR count). The summed E-state index contributed by atoms with van der Waals surface area (Å²) in [6.07, 6.45) is 4.34. The lowest BCUT2D eigenvalue weighted by Gasteiger charge is -2.00. The monoisotopic (exact) mass is 219 g/mol. The Labute approximate surface area is 89.7 Å². The van der Waals surface area contributed by atoms with Gasteiger partial charge < -0.3 is 0 Å². The number of rotatable bonds is 2. The van der Waals surface area contributed by atoms with Crippen molar-refractivity contribution in [1.29, 1.82) is 0 Å². The van der Waals surface area contributed by atoms with E-state index >= 15 is 0 Å². The molecule has 0 atom stereocenters. The van der Waals surface area contributed by atoms with Gasteiger partial charge in [-0.3, -0.25) is 15.1 Å². The lowest BCUT2D eigenvalue weighted by Crippen LogP contribution is -1.95. The van der Waals surface area contributed by atoms with E-state index in [1.165, 1.54) is 6.20 Å². The van der Waals surface area contributed by atoms with Crippen LogP contribution in [0.2, 0.25) is 0 Å². The molecule has 6 heteroatoms. The van der Waals surface area contributed by atoms with Crippen molar-refractivity contribution in [1.82, 2.24) is 9.97 Å². The van der Waals surface area contributed by atoms with Crippen molar-refractivity contribution in [2.75, 3.05) is 0 Å². The summed E-state index contributed by atoms with van der Waals surface area (Å²) in [5.41, 5.74) is 0.551. The Kier molecular flexibility index (Phi) is 2.55. The maximum atomic E-state index is 13.0. The Morgan fingerprint density at radius 2 is 1.94 bits per heavy atom. The molecule has 0 saturated carbocycles. The molecule has 0 bridgehead atoms. The zero-order chi connectivity index (χ0) is 11.5. The van der Waals surface area contributed by atoms with E-state index in [4.69, 9.17) is 0 Å². The SMILES string of the molecule is O=[N+]([O-])c1cc(-c2ccncc2)cnc1F. The predicted molar refractivity (Wildman–Crippen MR) is 54.1 cm³/mol. The van der Waals surface area contributed by atoms with Crippen molar-refractivity contribution in [3.05, 3.63) is 52.9 Å². The van der Waals surface area contributed by atoms with E-state index in [1.54, 1.807) is 24.5 Å². The van der Waals surface area contributed by atoms with E-state index < -0.39 is 16.6 Å². The van der Waals surface area contributed by atoms with Crippen molar-refractivity contribution in [3.8, 4) is 11.1 Å². The van der Waals surface area contributed by atoms with Crippen LogP contribution in [0.15, 0.2) is 36.8 Å². The first-order valence-electron chi connectivity index (χ1n) is 4.39. The Balaban J connectivity index is 2.52. The predicted octanol–water partition coefficient (Wildman–Crippen LogP) is 2.19. The van der Waals surface area contributed by atoms with Gasteiger partial charge in [-0.1, -0.05) is 0 Å². The molecular weight excluding hydrogens is 213 g/mol. The highest BCUT2D eigenvalue weighted by molar-refractivity contribution is 5.64. The molecule has 0 aliphatic rings. The molecule has 2 heterocycles. The zero-order valence-electron chi connectivity index (χ0n) is 8.00. The summed E-state index contributed by atoms with van der Waals surface area (Å²) >= 11 is 0. The molecule has 0 aliphatic heterocycles. The molecule has 0 N–H and O–H groups in total. The van der Waals surface area contributed by atoms with Gasteiger partial charge in [0.2, 0.25) is 0 Å². The molecule has 2 aromatic heterocycles. The standard InChI is InChI=1S/C10H6FN3O2/c11-10-9(14(15)16)5-8(6-13-10)7-1-3-12-4-2-7/h1-6H. The quantitative estimate of drug-likeness (QED) is 0.441. The molecule has 0 saturated heterocycles. The highest BCUT2D eigenvalue weighted by Crippen LogP contribution is 2.23. The second-order valence-corrected chi connectivity index (χ2v) is 3.03. The maximum Gasteiger partial charge on any atom is 0.324 e. The van der Waals surface area contributed by atoms with Gasteiger partial charge in [0.1, 0.15) is 0 Å². The first kappa shape index (κ1) is 10.2. The van der Waals surface area contributed by atoms with Crippen LogP contribution >= 0.6 is 0 Å². The molecular formula is C10H6FN3O2. The lowest BCUT2D eigenvalue weighted by molar-refractivity contribution is -0.388. The smallest absolute Gasteiger partial charge is 0.265 e. The minimum absolute atomic E-state index is 0.482. The molecule has 0 amide bonds. The Morgan fingerprint density at radius 1 is 1.25 bits per heavy atom. The molecule has 0 aliphatic carbocycles. The lowest BCUT2D eigenvalue weighted by atomic mass is 10.1. The van der Waals surface area contributed by atoms with Gasteiger partial charge in [-0.2, -0.15) is 4.39 Å². The van der Waals surface area contributed by atoms with Gasteiger partial charge in [0.05, 0.1) is 4.92 Å². The average Bonchev–Trinajstić information content (AvgIpc) is 2.30. The largest absolute Gasteiger partial charge is 0.324 e. The first-order chi connectivity index (χ1) is 7.68. The summed E-state index contributed by atoms with van der Waals surface area (Å²) in [7, 11) is 0. The first-order valence-corrected chi connectivity index (χ1v) is 4.39. The average molecular weight is 219 g/mol. The zero-order valence-corrected chi connectivity index (χ0v) is 8.00. The number of pyridine rings is 2. The molecule has 0 radical (unpaired) electrons. The molecule has 16 heavy (non-hydrogen) atoms. The number of hydrogen-bond donors (Lipinski definition) is 0. The van der Waals surface area contributed by atoms with Crippen molar-refractivity contribution >= 4 is 5.69 Å². The highest BCUT2D eigenvalue weighted by atomic mass is 19.1. The topological polar surface area (TPSA) is 68.9 Å². The summed E-state index contributed by atoms with van der Waals surface area (Å²) in [6.45, 7) is 0. The molecule has 0 spiro atoms. The molecule has 80 valence electrons. The van der Waals surface area contributed by atoms with E-state index in [9.17, 15) is 14.5 Å². The highest BCUT2D eigenvalue weighted by Gasteiger charge is 2.16. The summed E-state index contributed by atoms with van der Waals surface area (Å²) in [4.78, 5) is 16.9. The van der Waals surface area contributed by atoms with Gasteiger partial charge in [-0.15, -0.1) is 0 Å². The fraction of sp³-hybridized carbons (Fsp3) is 0. The maximum absolute atomic E-state index is 13.0. The second-order valence-electron chi connectivity index (χ2n) is 3.03. The van der Waals surface area contributed by atoms with E-state index in [1.807, 2.05) is 0 Å². The van der Waals surface area contributed by atoms with Crippen LogP contribution in [-0.2, 0) is 0 Å². The number of aromatic nitrogens is 2. The number of nitro groups is 1. The minimum atomic E-state index is -1.08. The third-order valence-electron chi connectivity index (χ3n) is 2.03. The number of hydrogen-bond acceptors (Lipinski definition) is 4. The third kappa shape index (κ3) is 1.85. The summed E-state index contributed by atoms with van der Waals surface area (Å²) < 4.78 is 13.0. The van der Waals surface area contributed by atoms with Crippen molar-refractivity contribution in [3.63, 3.8) is 0 Å². The van der Waals surface area contributed by atoms with Gasteiger partial charge in [0, 0.05) is 30.2 Å². The van der Waals surface area contributed by atoms with Crippen molar-refractivity contribution in [2.45, 2.75) is 0 Å². The summed E-state index contributed by atoms with van der Waals surface area (Å²) in [6, 6.07) is 4.48. The number of nitrogens with zero attached hydrogens (tertiary/aromatic N) is 3. The van der Waals surface area contributed by atoms with Gasteiger partial charge >= 0.3 is 5.69 Å². The van der Waals surface area contributed by atoms with Gasteiger partial charge in [0.15, 0.2) is 0 Å². The van der Waals surface area contributed by atoms with Crippen molar-refractivity contribution < 1.29 is 9.31 Å². The molecule has 2 aromatic rings.